The van der Waals surface area contributed by atoms with Crippen LogP contribution in [0, 0.1) is 6.92 Å². The number of rotatable bonds is 6. The number of hydrogen-bond acceptors (Lipinski definition) is 1. The summed E-state index contributed by atoms with van der Waals surface area (Å²) in [5.74, 6) is 0.0738. The van der Waals surface area contributed by atoms with Crippen molar-refractivity contribution in [3.63, 3.8) is 0 Å². The van der Waals surface area contributed by atoms with Crippen LogP contribution in [0.15, 0.2) is 24.3 Å². The minimum Gasteiger partial charge on any atom is -0.355 e. The van der Waals surface area contributed by atoms with Crippen molar-refractivity contribution in [1.82, 2.24) is 5.32 Å². The van der Waals surface area contributed by atoms with Gasteiger partial charge in [0.15, 0.2) is 0 Å². The smallest absolute Gasteiger partial charge is 0.220 e. The highest BCUT2D eigenvalue weighted by Crippen LogP contribution is 2.06. The fourth-order valence-corrected chi connectivity index (χ4v) is 1.55. The number of amides is 1. The van der Waals surface area contributed by atoms with Crippen LogP contribution in [0.5, 0.6) is 0 Å². The molecule has 0 aliphatic heterocycles. The lowest BCUT2D eigenvalue weighted by Crippen LogP contribution is -2.29. The van der Waals surface area contributed by atoms with Gasteiger partial charge in [-0.25, -0.2) is 0 Å². The van der Waals surface area contributed by atoms with Crippen LogP contribution in [0.4, 0.5) is 0 Å². The number of carbonyl (C=O) groups excluding carboxylic acids is 1. The molecule has 0 aliphatic rings. The van der Waals surface area contributed by atoms with Crippen LogP contribution in [0.2, 0.25) is 0 Å². The van der Waals surface area contributed by atoms with Crippen LogP contribution in [0.3, 0.4) is 0 Å². The van der Waals surface area contributed by atoms with Crippen molar-refractivity contribution >= 4 is 17.5 Å². The van der Waals surface area contributed by atoms with Gasteiger partial charge in [-0.15, -0.1) is 11.6 Å². The number of benzene rings is 1. The van der Waals surface area contributed by atoms with E-state index in [9.17, 15) is 4.79 Å². The standard InChI is InChI=1S/C14H20ClNO/c1-3-13(15)10-16-14(17)9-8-12-6-4-11(2)5-7-12/h4-7,13H,3,8-10H2,1-2H3,(H,16,17). The second-order valence-electron chi connectivity index (χ2n) is 4.30. The van der Waals surface area contributed by atoms with Gasteiger partial charge in [0.25, 0.3) is 0 Å². The van der Waals surface area contributed by atoms with Crippen molar-refractivity contribution in [2.24, 2.45) is 0 Å². The Morgan fingerprint density at radius 3 is 2.59 bits per heavy atom. The Kier molecular flexibility index (Phi) is 6.06. The van der Waals surface area contributed by atoms with E-state index in [0.29, 0.717) is 13.0 Å². The summed E-state index contributed by atoms with van der Waals surface area (Å²) in [5, 5.41) is 2.88. The SMILES string of the molecule is CCC(Cl)CNC(=O)CCc1ccc(C)cc1. The zero-order valence-electron chi connectivity index (χ0n) is 10.5. The highest BCUT2D eigenvalue weighted by Gasteiger charge is 2.05. The predicted molar refractivity (Wildman–Crippen MR) is 72.4 cm³/mol. The third-order valence-corrected chi connectivity index (χ3v) is 3.19. The van der Waals surface area contributed by atoms with E-state index in [4.69, 9.17) is 11.6 Å². The third-order valence-electron chi connectivity index (χ3n) is 2.73. The lowest BCUT2D eigenvalue weighted by molar-refractivity contribution is -0.121. The summed E-state index contributed by atoms with van der Waals surface area (Å²) >= 11 is 5.93. The quantitative estimate of drug-likeness (QED) is 0.776. The second-order valence-corrected chi connectivity index (χ2v) is 4.91. The van der Waals surface area contributed by atoms with Gasteiger partial charge in [0, 0.05) is 13.0 Å². The number of alkyl halides is 1. The molecule has 1 N–H and O–H groups in total. The molecule has 1 aromatic carbocycles. The van der Waals surface area contributed by atoms with Crippen LogP contribution >= 0.6 is 11.6 Å². The molecule has 0 saturated heterocycles. The van der Waals surface area contributed by atoms with Gasteiger partial charge >= 0.3 is 0 Å². The highest BCUT2D eigenvalue weighted by atomic mass is 35.5. The molecule has 0 spiro atoms. The molecule has 0 heterocycles. The number of aryl methyl sites for hydroxylation is 2. The first-order chi connectivity index (χ1) is 8.11. The largest absolute Gasteiger partial charge is 0.355 e. The average Bonchev–Trinajstić information content (AvgIpc) is 2.35. The first-order valence-electron chi connectivity index (χ1n) is 6.08. The third kappa shape index (κ3) is 5.73. The van der Waals surface area contributed by atoms with Gasteiger partial charge in [-0.2, -0.15) is 0 Å². The molecule has 0 aliphatic carbocycles. The summed E-state index contributed by atoms with van der Waals surface area (Å²) < 4.78 is 0. The minimum absolute atomic E-state index is 0.0401. The van der Waals surface area contributed by atoms with Crippen molar-refractivity contribution < 1.29 is 4.79 Å². The van der Waals surface area contributed by atoms with Crippen molar-refractivity contribution in [3.05, 3.63) is 35.4 Å². The minimum atomic E-state index is 0.0401. The number of carbonyl (C=O) groups is 1. The highest BCUT2D eigenvalue weighted by molar-refractivity contribution is 6.20. The molecule has 94 valence electrons. The molecule has 0 fully saturated rings. The Hall–Kier alpha value is -1.02. The lowest BCUT2D eigenvalue weighted by atomic mass is 10.1. The molecule has 0 saturated carbocycles. The molecular weight excluding hydrogens is 234 g/mol. The Morgan fingerprint density at radius 1 is 1.35 bits per heavy atom. The van der Waals surface area contributed by atoms with Crippen LogP contribution < -0.4 is 5.32 Å². The van der Waals surface area contributed by atoms with Crippen LogP contribution in [-0.2, 0) is 11.2 Å². The summed E-state index contributed by atoms with van der Waals surface area (Å²) in [5.41, 5.74) is 2.44. The van der Waals surface area contributed by atoms with Crippen molar-refractivity contribution in [2.45, 2.75) is 38.5 Å². The van der Waals surface area contributed by atoms with Gasteiger partial charge in [-0.1, -0.05) is 36.8 Å². The van der Waals surface area contributed by atoms with E-state index >= 15 is 0 Å². The van der Waals surface area contributed by atoms with Crippen LogP contribution in [-0.4, -0.2) is 17.8 Å². The molecule has 0 aromatic heterocycles. The number of nitrogens with one attached hydrogen (secondary N) is 1. The first-order valence-corrected chi connectivity index (χ1v) is 6.51. The lowest BCUT2D eigenvalue weighted by Gasteiger charge is -2.08. The van der Waals surface area contributed by atoms with Gasteiger partial charge < -0.3 is 5.32 Å². The summed E-state index contributed by atoms with van der Waals surface area (Å²) in [4.78, 5) is 11.5. The van der Waals surface area contributed by atoms with E-state index < -0.39 is 0 Å². The van der Waals surface area contributed by atoms with E-state index in [1.165, 1.54) is 11.1 Å². The van der Waals surface area contributed by atoms with E-state index in [1.807, 2.05) is 6.92 Å². The zero-order chi connectivity index (χ0) is 12.7. The predicted octanol–water partition coefficient (Wildman–Crippen LogP) is 3.06. The van der Waals surface area contributed by atoms with Gasteiger partial charge in [-0.05, 0) is 25.3 Å². The monoisotopic (exact) mass is 253 g/mol. The molecule has 1 aromatic rings. The van der Waals surface area contributed by atoms with Gasteiger partial charge in [-0.3, -0.25) is 4.79 Å². The van der Waals surface area contributed by atoms with Crippen LogP contribution in [0.1, 0.15) is 30.9 Å². The molecule has 1 unspecified atom stereocenters. The van der Waals surface area contributed by atoms with Gasteiger partial charge in [0.1, 0.15) is 0 Å². The molecule has 1 amide bonds. The summed E-state index contributed by atoms with van der Waals surface area (Å²) in [7, 11) is 0. The molecule has 2 nitrogen and oxygen atoms in total. The van der Waals surface area contributed by atoms with Crippen molar-refractivity contribution in [1.29, 1.82) is 0 Å². The van der Waals surface area contributed by atoms with E-state index in [1.54, 1.807) is 0 Å². The maximum Gasteiger partial charge on any atom is 0.220 e. The molecule has 0 radical (unpaired) electrons. The Bertz CT molecular complexity index is 348. The Labute approximate surface area is 108 Å². The number of halogens is 1. The number of hydrogen-bond donors (Lipinski definition) is 1. The average molecular weight is 254 g/mol. The first kappa shape index (κ1) is 14.0. The molecule has 0 bridgehead atoms. The topological polar surface area (TPSA) is 29.1 Å². The second kappa shape index (κ2) is 7.33. The maximum atomic E-state index is 11.5. The maximum absolute atomic E-state index is 11.5. The molecular formula is C14H20ClNO. The van der Waals surface area contributed by atoms with Gasteiger partial charge in [0.05, 0.1) is 5.38 Å². The Morgan fingerprint density at radius 2 is 2.00 bits per heavy atom. The molecule has 1 rings (SSSR count). The molecule has 17 heavy (non-hydrogen) atoms. The van der Waals surface area contributed by atoms with Crippen molar-refractivity contribution in [2.75, 3.05) is 6.54 Å². The Balaban J connectivity index is 2.26. The molecule has 3 heteroatoms. The fourth-order valence-electron chi connectivity index (χ4n) is 1.47. The van der Waals surface area contributed by atoms with Gasteiger partial charge in [0.2, 0.25) is 5.91 Å². The van der Waals surface area contributed by atoms with E-state index in [0.717, 1.165) is 12.8 Å². The zero-order valence-corrected chi connectivity index (χ0v) is 11.3. The fraction of sp³-hybridized carbons (Fsp3) is 0.500. The van der Waals surface area contributed by atoms with Crippen LogP contribution in [0.25, 0.3) is 0 Å². The van der Waals surface area contributed by atoms with Crippen molar-refractivity contribution in [3.8, 4) is 0 Å². The summed E-state index contributed by atoms with van der Waals surface area (Å²) in [6.07, 6.45) is 2.18. The summed E-state index contributed by atoms with van der Waals surface area (Å²) in [6.45, 7) is 4.63. The van der Waals surface area contributed by atoms with E-state index in [2.05, 4.69) is 36.5 Å². The van der Waals surface area contributed by atoms with E-state index in [-0.39, 0.29) is 11.3 Å². The molecule has 1 atom stereocenters. The summed E-state index contributed by atoms with van der Waals surface area (Å²) in [6, 6.07) is 8.27. The normalized spacial score (nSPS) is 12.2.